The fraction of sp³-hybridized carbons (Fsp3) is 0.462. The van der Waals surface area contributed by atoms with E-state index in [1.165, 1.54) is 17.8 Å². The molecule has 19 heavy (non-hydrogen) atoms. The third kappa shape index (κ3) is 6.47. The largest absolute Gasteiger partial charge is 0.370 e. The van der Waals surface area contributed by atoms with E-state index in [1.54, 1.807) is 6.07 Å². The van der Waals surface area contributed by atoms with Crippen molar-refractivity contribution in [3.63, 3.8) is 0 Å². The number of nitrogens with two attached hydrogens (primary N) is 1. The number of guanidine groups is 1. The second kappa shape index (κ2) is 7.94. The molecule has 3 N–H and O–H groups in total. The van der Waals surface area contributed by atoms with Gasteiger partial charge in [-0.25, -0.2) is 9.38 Å². The number of thioether (sulfide) groups is 1. The van der Waals surface area contributed by atoms with Gasteiger partial charge in [-0.15, -0.1) is 35.7 Å². The van der Waals surface area contributed by atoms with Crippen LogP contribution in [0.5, 0.6) is 0 Å². The lowest BCUT2D eigenvalue weighted by Gasteiger charge is -2.21. The van der Waals surface area contributed by atoms with Crippen molar-refractivity contribution in [2.24, 2.45) is 10.7 Å². The Morgan fingerprint density at radius 3 is 2.58 bits per heavy atom. The van der Waals surface area contributed by atoms with Crippen LogP contribution < -0.4 is 11.1 Å². The van der Waals surface area contributed by atoms with Crippen molar-refractivity contribution in [2.75, 3.05) is 6.26 Å². The van der Waals surface area contributed by atoms with Crippen molar-refractivity contribution in [1.82, 2.24) is 5.32 Å². The van der Waals surface area contributed by atoms with Gasteiger partial charge >= 0.3 is 0 Å². The molecular weight excluding hydrogens is 376 g/mol. The average molecular weight is 397 g/mol. The molecule has 3 nitrogen and oxygen atoms in total. The van der Waals surface area contributed by atoms with Crippen LogP contribution in [-0.4, -0.2) is 17.8 Å². The summed E-state index contributed by atoms with van der Waals surface area (Å²) in [6.45, 7) is 6.22. The van der Waals surface area contributed by atoms with E-state index in [-0.39, 0.29) is 41.9 Å². The molecule has 1 aromatic rings. The summed E-state index contributed by atoms with van der Waals surface area (Å²) in [6, 6.07) is 5.02. The Bertz CT molecular complexity index is 444. The van der Waals surface area contributed by atoms with Gasteiger partial charge in [0.05, 0.1) is 6.54 Å². The Kier molecular flexibility index (Phi) is 7.73. The first-order valence-electron chi connectivity index (χ1n) is 5.73. The summed E-state index contributed by atoms with van der Waals surface area (Å²) in [7, 11) is 0. The highest BCUT2D eigenvalue weighted by Crippen LogP contribution is 2.23. The highest BCUT2D eigenvalue weighted by Gasteiger charge is 2.11. The van der Waals surface area contributed by atoms with Gasteiger partial charge in [0, 0.05) is 16.0 Å². The smallest absolute Gasteiger partial charge is 0.189 e. The number of hydrogen-bond acceptors (Lipinski definition) is 2. The lowest BCUT2D eigenvalue weighted by Crippen LogP contribution is -2.45. The maximum Gasteiger partial charge on any atom is 0.189 e. The topological polar surface area (TPSA) is 50.4 Å². The number of aliphatic imine (C=N–C) groups is 1. The third-order valence-corrected chi connectivity index (χ3v) is 3.03. The van der Waals surface area contributed by atoms with Crippen molar-refractivity contribution in [2.45, 2.75) is 37.8 Å². The number of nitrogens with zero attached hydrogens (tertiary/aromatic N) is 1. The average Bonchev–Trinajstić information content (AvgIpc) is 2.24. The normalized spacial score (nSPS) is 11.9. The first kappa shape index (κ1) is 18.5. The number of hydrogen-bond donors (Lipinski definition) is 2. The third-order valence-electron chi connectivity index (χ3n) is 2.21. The van der Waals surface area contributed by atoms with Gasteiger partial charge in [0.1, 0.15) is 5.82 Å². The molecule has 1 rings (SSSR count). The lowest BCUT2D eigenvalue weighted by molar-refractivity contribution is 0.508. The standard InChI is InChI=1S/C13H20FN3S.HI/c1-13(2,3)17-12(15)16-8-9-10(14)6-5-7-11(9)18-4;/h5-7H,8H2,1-4H3,(H3,15,16,17);1H. The summed E-state index contributed by atoms with van der Waals surface area (Å²) < 4.78 is 13.7. The quantitative estimate of drug-likeness (QED) is 0.356. The van der Waals surface area contributed by atoms with Crippen LogP contribution >= 0.6 is 35.7 Å². The molecule has 0 fully saturated rings. The Balaban J connectivity index is 0.00000324. The zero-order valence-electron chi connectivity index (χ0n) is 11.7. The predicted molar refractivity (Wildman–Crippen MR) is 91.8 cm³/mol. The molecule has 0 unspecified atom stereocenters. The zero-order chi connectivity index (χ0) is 13.8. The Labute approximate surface area is 135 Å². The molecule has 108 valence electrons. The van der Waals surface area contributed by atoms with Gasteiger partial charge in [-0.05, 0) is 39.2 Å². The summed E-state index contributed by atoms with van der Waals surface area (Å²) in [5, 5.41) is 3.04. The minimum atomic E-state index is -0.242. The van der Waals surface area contributed by atoms with Gasteiger partial charge in [0.15, 0.2) is 5.96 Å². The van der Waals surface area contributed by atoms with Crippen LogP contribution in [0.15, 0.2) is 28.1 Å². The Morgan fingerprint density at radius 2 is 2.05 bits per heavy atom. The lowest BCUT2D eigenvalue weighted by atomic mass is 10.1. The van der Waals surface area contributed by atoms with Crippen LogP contribution in [0.1, 0.15) is 26.3 Å². The van der Waals surface area contributed by atoms with Gasteiger partial charge in [-0.3, -0.25) is 0 Å². The summed E-state index contributed by atoms with van der Waals surface area (Å²) in [5.74, 6) is 0.0898. The van der Waals surface area contributed by atoms with E-state index in [0.717, 1.165) is 4.90 Å². The fourth-order valence-electron chi connectivity index (χ4n) is 1.47. The molecule has 0 bridgehead atoms. The van der Waals surface area contributed by atoms with Crippen molar-refractivity contribution in [1.29, 1.82) is 0 Å². The molecule has 0 aliphatic rings. The minimum Gasteiger partial charge on any atom is -0.370 e. The van der Waals surface area contributed by atoms with E-state index in [4.69, 9.17) is 5.73 Å². The molecule has 0 aliphatic heterocycles. The molecule has 0 radical (unpaired) electrons. The molecule has 0 amide bonds. The molecule has 0 saturated heterocycles. The molecule has 1 aromatic carbocycles. The van der Waals surface area contributed by atoms with E-state index >= 15 is 0 Å². The van der Waals surface area contributed by atoms with Crippen LogP contribution in [0.3, 0.4) is 0 Å². The van der Waals surface area contributed by atoms with Gasteiger partial charge in [-0.1, -0.05) is 6.07 Å². The van der Waals surface area contributed by atoms with Crippen LogP contribution in [0.25, 0.3) is 0 Å². The van der Waals surface area contributed by atoms with Gasteiger partial charge < -0.3 is 11.1 Å². The van der Waals surface area contributed by atoms with Crippen LogP contribution in [0, 0.1) is 5.82 Å². The molecule has 0 spiro atoms. The summed E-state index contributed by atoms with van der Waals surface area (Å²) >= 11 is 1.50. The van der Waals surface area contributed by atoms with Crippen molar-refractivity contribution >= 4 is 41.7 Å². The van der Waals surface area contributed by atoms with E-state index in [9.17, 15) is 4.39 Å². The maximum atomic E-state index is 13.7. The van der Waals surface area contributed by atoms with E-state index in [2.05, 4.69) is 10.3 Å². The fourth-order valence-corrected chi connectivity index (χ4v) is 2.09. The van der Waals surface area contributed by atoms with Gasteiger partial charge in [-0.2, -0.15) is 0 Å². The Hall–Kier alpha value is -0.500. The van der Waals surface area contributed by atoms with E-state index in [1.807, 2.05) is 33.1 Å². The van der Waals surface area contributed by atoms with E-state index in [0.29, 0.717) is 11.5 Å². The molecule has 0 saturated carbocycles. The number of rotatable bonds is 3. The minimum absolute atomic E-state index is 0. The van der Waals surface area contributed by atoms with Gasteiger partial charge in [0.2, 0.25) is 0 Å². The first-order valence-corrected chi connectivity index (χ1v) is 6.95. The highest BCUT2D eigenvalue weighted by atomic mass is 127. The molecule has 0 aromatic heterocycles. The molecular formula is C13H21FIN3S. The summed E-state index contributed by atoms with van der Waals surface area (Å²) in [4.78, 5) is 5.07. The predicted octanol–water partition coefficient (Wildman–Crippen LogP) is 3.37. The summed E-state index contributed by atoms with van der Waals surface area (Å²) in [5.41, 5.74) is 6.20. The van der Waals surface area contributed by atoms with Crippen molar-refractivity contribution < 1.29 is 4.39 Å². The first-order chi connectivity index (χ1) is 8.33. The van der Waals surface area contributed by atoms with Crippen LogP contribution in [-0.2, 0) is 6.54 Å². The van der Waals surface area contributed by atoms with Crippen LogP contribution in [0.2, 0.25) is 0 Å². The summed E-state index contributed by atoms with van der Waals surface area (Å²) in [6.07, 6.45) is 1.92. The molecule has 0 aliphatic carbocycles. The second-order valence-corrected chi connectivity index (χ2v) is 5.85. The van der Waals surface area contributed by atoms with Crippen molar-refractivity contribution in [3.8, 4) is 0 Å². The Morgan fingerprint density at radius 1 is 1.42 bits per heavy atom. The second-order valence-electron chi connectivity index (χ2n) is 5.00. The molecule has 0 heterocycles. The number of benzene rings is 1. The zero-order valence-corrected chi connectivity index (χ0v) is 14.8. The maximum absolute atomic E-state index is 13.7. The van der Waals surface area contributed by atoms with E-state index < -0.39 is 0 Å². The van der Waals surface area contributed by atoms with Gasteiger partial charge in [0.25, 0.3) is 0 Å². The van der Waals surface area contributed by atoms with Crippen LogP contribution in [0.4, 0.5) is 4.39 Å². The SMILES string of the molecule is CSc1cccc(F)c1CN=C(N)NC(C)(C)C.I. The number of halogens is 2. The number of nitrogens with one attached hydrogen (secondary N) is 1. The molecule has 0 atom stereocenters. The molecule has 6 heteroatoms. The van der Waals surface area contributed by atoms with Crippen molar-refractivity contribution in [3.05, 3.63) is 29.6 Å². The highest BCUT2D eigenvalue weighted by molar-refractivity contribution is 14.0. The monoisotopic (exact) mass is 397 g/mol.